The minimum atomic E-state index is -0.365. The van der Waals surface area contributed by atoms with E-state index in [2.05, 4.69) is 41.8 Å². The van der Waals surface area contributed by atoms with Gasteiger partial charge in [0.25, 0.3) is 0 Å². The smallest absolute Gasteiger partial charge is 0.241 e. The summed E-state index contributed by atoms with van der Waals surface area (Å²) in [5, 5.41) is 6.25. The molecule has 0 heterocycles. The lowest BCUT2D eigenvalue weighted by atomic mass is 10.00. The number of benzene rings is 2. The van der Waals surface area contributed by atoms with Crippen molar-refractivity contribution in [2.24, 2.45) is 5.92 Å². The van der Waals surface area contributed by atoms with Crippen molar-refractivity contribution in [2.45, 2.75) is 45.7 Å². The van der Waals surface area contributed by atoms with Crippen LogP contribution in [-0.4, -0.2) is 11.9 Å². The van der Waals surface area contributed by atoms with Gasteiger partial charge in [-0.3, -0.25) is 10.1 Å². The maximum absolute atomic E-state index is 13.6. The van der Waals surface area contributed by atoms with Crippen molar-refractivity contribution in [3.05, 3.63) is 65.0 Å². The number of halogens is 1. The first kappa shape index (κ1) is 17.6. The normalized spacial score (nSPS) is 16.3. The van der Waals surface area contributed by atoms with E-state index < -0.39 is 0 Å². The van der Waals surface area contributed by atoms with Gasteiger partial charge in [0.05, 0.1) is 6.04 Å². The van der Waals surface area contributed by atoms with Crippen LogP contribution in [0.5, 0.6) is 0 Å². The van der Waals surface area contributed by atoms with Gasteiger partial charge in [0, 0.05) is 11.7 Å². The maximum atomic E-state index is 13.6. The standard InChI is InChI=1S/C21H25FN2O/c1-13-4-7-16(8-5-13)20(17-9-10-17)23-15(3)21(25)24-18-11-6-14(2)19(22)12-18/h4-8,11-12,15,17,20,23H,9-10H2,1-3H3,(H,24,25)/t15-,20-/m1/s1. The molecule has 0 aromatic heterocycles. The molecule has 0 spiro atoms. The third kappa shape index (κ3) is 4.45. The van der Waals surface area contributed by atoms with Gasteiger partial charge >= 0.3 is 0 Å². The average Bonchev–Trinajstić information content (AvgIpc) is 3.41. The first-order valence-electron chi connectivity index (χ1n) is 8.83. The molecule has 0 bridgehead atoms. The zero-order chi connectivity index (χ0) is 18.0. The number of amides is 1. The monoisotopic (exact) mass is 340 g/mol. The fourth-order valence-electron chi connectivity index (χ4n) is 2.97. The summed E-state index contributed by atoms with van der Waals surface area (Å²) in [6, 6.07) is 13.0. The molecule has 0 radical (unpaired) electrons. The molecular weight excluding hydrogens is 315 g/mol. The van der Waals surface area contributed by atoms with Crippen molar-refractivity contribution in [2.75, 3.05) is 5.32 Å². The van der Waals surface area contributed by atoms with E-state index >= 15 is 0 Å². The summed E-state index contributed by atoms with van der Waals surface area (Å²) < 4.78 is 13.6. The van der Waals surface area contributed by atoms with Crippen LogP contribution in [0.15, 0.2) is 42.5 Å². The highest BCUT2D eigenvalue weighted by Crippen LogP contribution is 2.41. The highest BCUT2D eigenvalue weighted by molar-refractivity contribution is 5.94. The fourth-order valence-corrected chi connectivity index (χ4v) is 2.97. The maximum Gasteiger partial charge on any atom is 0.241 e. The SMILES string of the molecule is Cc1ccc([C@@H](N[C@H](C)C(=O)Nc2ccc(C)c(F)c2)C2CC2)cc1. The second-order valence-electron chi connectivity index (χ2n) is 7.07. The highest BCUT2D eigenvalue weighted by atomic mass is 19.1. The summed E-state index contributed by atoms with van der Waals surface area (Å²) in [7, 11) is 0. The van der Waals surface area contributed by atoms with Crippen LogP contribution in [0.25, 0.3) is 0 Å². The van der Waals surface area contributed by atoms with Crippen LogP contribution in [0, 0.1) is 25.6 Å². The summed E-state index contributed by atoms with van der Waals surface area (Å²) in [5.41, 5.74) is 3.50. The molecular formula is C21H25FN2O. The Morgan fingerprint density at radius 1 is 1.12 bits per heavy atom. The van der Waals surface area contributed by atoms with Gasteiger partial charge in [0.15, 0.2) is 0 Å². The van der Waals surface area contributed by atoms with Gasteiger partial charge in [-0.1, -0.05) is 35.9 Å². The van der Waals surface area contributed by atoms with Crippen LogP contribution in [0.4, 0.5) is 10.1 Å². The Morgan fingerprint density at radius 3 is 2.40 bits per heavy atom. The van der Waals surface area contributed by atoms with Crippen molar-refractivity contribution < 1.29 is 9.18 Å². The molecule has 132 valence electrons. The molecule has 0 saturated heterocycles. The number of hydrogen-bond donors (Lipinski definition) is 2. The lowest BCUT2D eigenvalue weighted by Gasteiger charge is -2.23. The van der Waals surface area contributed by atoms with Crippen LogP contribution in [-0.2, 0) is 4.79 Å². The second kappa shape index (κ2) is 7.36. The molecule has 3 rings (SSSR count). The molecule has 0 unspecified atom stereocenters. The Kier molecular flexibility index (Phi) is 5.19. The largest absolute Gasteiger partial charge is 0.325 e. The molecule has 2 aromatic rings. The first-order valence-corrected chi connectivity index (χ1v) is 8.83. The Bertz CT molecular complexity index is 753. The molecule has 4 heteroatoms. The summed E-state index contributed by atoms with van der Waals surface area (Å²) in [6.07, 6.45) is 2.37. The number of hydrogen-bond acceptors (Lipinski definition) is 2. The van der Waals surface area contributed by atoms with Gasteiger partial charge in [-0.25, -0.2) is 4.39 Å². The Morgan fingerprint density at radius 2 is 1.80 bits per heavy atom. The predicted molar refractivity (Wildman–Crippen MR) is 99.0 cm³/mol. The second-order valence-corrected chi connectivity index (χ2v) is 7.07. The van der Waals surface area contributed by atoms with Gasteiger partial charge in [-0.05, 0) is 62.8 Å². The molecule has 2 N–H and O–H groups in total. The lowest BCUT2D eigenvalue weighted by Crippen LogP contribution is -2.41. The topological polar surface area (TPSA) is 41.1 Å². The van der Waals surface area contributed by atoms with Crippen LogP contribution in [0.2, 0.25) is 0 Å². The molecule has 3 nitrogen and oxygen atoms in total. The van der Waals surface area contributed by atoms with Gasteiger partial charge in [-0.15, -0.1) is 0 Å². The Balaban J connectivity index is 1.66. The molecule has 1 aliphatic rings. The third-order valence-electron chi connectivity index (χ3n) is 4.79. The first-order chi connectivity index (χ1) is 11.9. The molecule has 1 aliphatic carbocycles. The van der Waals surface area contributed by atoms with E-state index in [9.17, 15) is 9.18 Å². The number of nitrogens with one attached hydrogen (secondary N) is 2. The van der Waals surface area contributed by atoms with Crippen LogP contribution in [0.1, 0.15) is 42.5 Å². The summed E-state index contributed by atoms with van der Waals surface area (Å²) in [4.78, 5) is 12.5. The average molecular weight is 340 g/mol. The lowest BCUT2D eigenvalue weighted by molar-refractivity contribution is -0.118. The zero-order valence-corrected chi connectivity index (χ0v) is 15.0. The van der Waals surface area contributed by atoms with E-state index in [0.717, 1.165) is 0 Å². The highest BCUT2D eigenvalue weighted by Gasteiger charge is 2.34. The van der Waals surface area contributed by atoms with E-state index in [-0.39, 0.29) is 23.8 Å². The fraction of sp³-hybridized carbons (Fsp3) is 0.381. The summed E-state index contributed by atoms with van der Waals surface area (Å²) in [5.74, 6) is 0.115. The molecule has 2 aromatic carbocycles. The summed E-state index contributed by atoms with van der Waals surface area (Å²) >= 11 is 0. The van der Waals surface area contributed by atoms with Crippen molar-refractivity contribution in [3.63, 3.8) is 0 Å². The Hall–Kier alpha value is -2.20. The van der Waals surface area contributed by atoms with Gasteiger partial charge < -0.3 is 5.32 Å². The molecule has 25 heavy (non-hydrogen) atoms. The Labute approximate surface area is 148 Å². The van der Waals surface area contributed by atoms with E-state index in [4.69, 9.17) is 0 Å². The molecule has 0 aliphatic heterocycles. The number of carbonyl (C=O) groups excluding carboxylic acids is 1. The number of aryl methyl sites for hydroxylation is 2. The third-order valence-corrected chi connectivity index (χ3v) is 4.79. The molecule has 1 fully saturated rings. The van der Waals surface area contributed by atoms with E-state index in [1.807, 2.05) is 6.92 Å². The minimum absolute atomic E-state index is 0.152. The van der Waals surface area contributed by atoms with Crippen LogP contribution in [0.3, 0.4) is 0 Å². The van der Waals surface area contributed by atoms with Gasteiger partial charge in [-0.2, -0.15) is 0 Å². The van der Waals surface area contributed by atoms with Gasteiger partial charge in [0.1, 0.15) is 5.82 Å². The molecule has 2 atom stereocenters. The number of anilines is 1. The van der Waals surface area contributed by atoms with Crippen molar-refractivity contribution in [3.8, 4) is 0 Å². The van der Waals surface area contributed by atoms with E-state index in [0.29, 0.717) is 17.2 Å². The number of carbonyl (C=O) groups is 1. The van der Waals surface area contributed by atoms with Crippen molar-refractivity contribution in [1.82, 2.24) is 5.32 Å². The van der Waals surface area contributed by atoms with E-state index in [1.54, 1.807) is 19.1 Å². The van der Waals surface area contributed by atoms with Crippen LogP contribution < -0.4 is 10.6 Å². The number of rotatable bonds is 6. The summed E-state index contributed by atoms with van der Waals surface area (Å²) in [6.45, 7) is 5.62. The molecule has 1 saturated carbocycles. The zero-order valence-electron chi connectivity index (χ0n) is 15.0. The predicted octanol–water partition coefficient (Wildman–Crippen LogP) is 4.51. The van der Waals surface area contributed by atoms with E-state index in [1.165, 1.54) is 30.0 Å². The van der Waals surface area contributed by atoms with Crippen molar-refractivity contribution >= 4 is 11.6 Å². The minimum Gasteiger partial charge on any atom is -0.325 e. The van der Waals surface area contributed by atoms with Crippen LogP contribution >= 0.6 is 0 Å². The van der Waals surface area contributed by atoms with Crippen molar-refractivity contribution in [1.29, 1.82) is 0 Å². The quantitative estimate of drug-likeness (QED) is 0.812. The molecule has 1 amide bonds. The van der Waals surface area contributed by atoms with Gasteiger partial charge in [0.2, 0.25) is 5.91 Å².